The molecule has 0 saturated carbocycles. The van der Waals surface area contributed by atoms with Gasteiger partial charge in [-0.15, -0.1) is 0 Å². The predicted molar refractivity (Wildman–Crippen MR) is 115 cm³/mol. The standard InChI is InChI=1S/C22H21ClF2N2O2S/c1-21(2,3)15-4-7-18(8-5-15)30(28,29)27-20-9-6-17(23)14-19(20)22(24,25)16-10-12-26-13-11-16/h4-14,27H,1-3H3. The lowest BCUT2D eigenvalue weighted by molar-refractivity contribution is 0.0436. The summed E-state index contributed by atoms with van der Waals surface area (Å²) in [6.07, 6.45) is 2.49. The second-order valence-electron chi connectivity index (χ2n) is 7.88. The fourth-order valence-electron chi connectivity index (χ4n) is 2.92. The zero-order valence-electron chi connectivity index (χ0n) is 16.7. The highest BCUT2D eigenvalue weighted by Gasteiger charge is 2.37. The van der Waals surface area contributed by atoms with Gasteiger partial charge in [-0.2, -0.15) is 8.78 Å². The highest BCUT2D eigenvalue weighted by atomic mass is 35.5. The molecule has 0 bridgehead atoms. The fourth-order valence-corrected chi connectivity index (χ4v) is 4.17. The van der Waals surface area contributed by atoms with Crippen molar-refractivity contribution in [3.8, 4) is 0 Å². The minimum Gasteiger partial charge on any atom is -0.279 e. The van der Waals surface area contributed by atoms with Crippen LogP contribution < -0.4 is 4.72 Å². The molecule has 0 aliphatic heterocycles. The maximum atomic E-state index is 15.2. The van der Waals surface area contributed by atoms with Crippen LogP contribution in [0.15, 0.2) is 71.9 Å². The molecule has 1 aromatic heterocycles. The molecule has 3 aromatic rings. The summed E-state index contributed by atoms with van der Waals surface area (Å²) < 4.78 is 58.3. The molecule has 0 amide bonds. The Morgan fingerprint density at radius 2 is 1.50 bits per heavy atom. The molecular weight excluding hydrogens is 430 g/mol. The van der Waals surface area contributed by atoms with Gasteiger partial charge >= 0.3 is 5.92 Å². The molecule has 0 fully saturated rings. The van der Waals surface area contributed by atoms with Crippen molar-refractivity contribution >= 4 is 27.3 Å². The van der Waals surface area contributed by atoms with Gasteiger partial charge in [-0.3, -0.25) is 9.71 Å². The van der Waals surface area contributed by atoms with Gasteiger partial charge in [0.1, 0.15) is 0 Å². The largest absolute Gasteiger partial charge is 0.300 e. The Balaban J connectivity index is 2.01. The highest BCUT2D eigenvalue weighted by molar-refractivity contribution is 7.92. The zero-order chi connectivity index (χ0) is 22.2. The van der Waals surface area contributed by atoms with Crippen LogP contribution in [0.3, 0.4) is 0 Å². The van der Waals surface area contributed by atoms with E-state index in [-0.39, 0.29) is 26.6 Å². The van der Waals surface area contributed by atoms with E-state index in [2.05, 4.69) is 9.71 Å². The van der Waals surface area contributed by atoms with E-state index in [0.717, 1.165) is 11.6 Å². The molecule has 0 saturated heterocycles. The zero-order valence-corrected chi connectivity index (χ0v) is 18.2. The van der Waals surface area contributed by atoms with Crippen LogP contribution in [-0.4, -0.2) is 13.4 Å². The van der Waals surface area contributed by atoms with E-state index in [9.17, 15) is 8.42 Å². The second kappa shape index (κ2) is 7.96. The van der Waals surface area contributed by atoms with Crippen LogP contribution in [0.5, 0.6) is 0 Å². The van der Waals surface area contributed by atoms with Gasteiger partial charge in [0.05, 0.1) is 16.1 Å². The lowest BCUT2D eigenvalue weighted by Gasteiger charge is -2.22. The van der Waals surface area contributed by atoms with Gasteiger partial charge < -0.3 is 0 Å². The first kappa shape index (κ1) is 22.2. The van der Waals surface area contributed by atoms with Gasteiger partial charge in [0, 0.05) is 23.0 Å². The first-order valence-corrected chi connectivity index (χ1v) is 11.0. The molecule has 0 unspecified atom stereocenters. The second-order valence-corrected chi connectivity index (χ2v) is 10.00. The minimum absolute atomic E-state index is 0.0244. The SMILES string of the molecule is CC(C)(C)c1ccc(S(=O)(=O)Nc2ccc(Cl)cc2C(F)(F)c2ccncc2)cc1. The molecule has 8 heteroatoms. The lowest BCUT2D eigenvalue weighted by Crippen LogP contribution is -2.21. The summed E-state index contributed by atoms with van der Waals surface area (Å²) in [6, 6.07) is 12.3. The molecular formula is C22H21ClF2N2O2S. The van der Waals surface area contributed by atoms with Crippen LogP contribution in [0.4, 0.5) is 14.5 Å². The summed E-state index contributed by atoms with van der Waals surface area (Å²) in [5, 5.41) is 0.0659. The molecule has 3 rings (SSSR count). The molecule has 2 aromatic carbocycles. The van der Waals surface area contributed by atoms with Crippen molar-refractivity contribution in [3.63, 3.8) is 0 Å². The summed E-state index contributed by atoms with van der Waals surface area (Å²) in [5.41, 5.74) is -0.309. The molecule has 0 radical (unpaired) electrons. The average Bonchev–Trinajstić information content (AvgIpc) is 2.69. The van der Waals surface area contributed by atoms with Gasteiger partial charge in [-0.25, -0.2) is 8.42 Å². The molecule has 0 spiro atoms. The summed E-state index contributed by atoms with van der Waals surface area (Å²) in [4.78, 5) is 3.72. The van der Waals surface area contributed by atoms with Crippen LogP contribution in [0, 0.1) is 0 Å². The molecule has 0 aliphatic carbocycles. The van der Waals surface area contributed by atoms with Crippen LogP contribution in [0.2, 0.25) is 5.02 Å². The van der Waals surface area contributed by atoms with Gasteiger partial charge in [0.2, 0.25) is 0 Å². The van der Waals surface area contributed by atoms with E-state index in [0.29, 0.717) is 0 Å². The van der Waals surface area contributed by atoms with Gasteiger partial charge in [-0.1, -0.05) is 44.5 Å². The van der Waals surface area contributed by atoms with Crippen molar-refractivity contribution in [1.82, 2.24) is 4.98 Å². The van der Waals surface area contributed by atoms with Crippen molar-refractivity contribution < 1.29 is 17.2 Å². The van der Waals surface area contributed by atoms with E-state index >= 15 is 8.78 Å². The number of benzene rings is 2. The van der Waals surface area contributed by atoms with Crippen LogP contribution in [0.25, 0.3) is 0 Å². The Morgan fingerprint density at radius 1 is 0.900 bits per heavy atom. The Kier molecular flexibility index (Phi) is 5.89. The van der Waals surface area contributed by atoms with E-state index in [1.165, 1.54) is 48.8 Å². The number of rotatable bonds is 5. The number of sulfonamides is 1. The Labute approximate surface area is 180 Å². The third kappa shape index (κ3) is 4.63. The van der Waals surface area contributed by atoms with Crippen molar-refractivity contribution in [2.75, 3.05) is 4.72 Å². The van der Waals surface area contributed by atoms with Gasteiger partial charge in [0.15, 0.2) is 0 Å². The number of nitrogens with one attached hydrogen (secondary N) is 1. The Hall–Kier alpha value is -2.51. The Morgan fingerprint density at radius 3 is 2.07 bits per heavy atom. The third-order valence-electron chi connectivity index (χ3n) is 4.64. The van der Waals surface area contributed by atoms with Gasteiger partial charge in [0.25, 0.3) is 10.0 Å². The summed E-state index contributed by atoms with van der Waals surface area (Å²) in [5.74, 6) is -3.48. The Bertz CT molecular complexity index is 1140. The number of hydrogen-bond acceptors (Lipinski definition) is 3. The number of aromatic nitrogens is 1. The monoisotopic (exact) mass is 450 g/mol. The average molecular weight is 451 g/mol. The van der Waals surface area contributed by atoms with Crippen LogP contribution in [-0.2, 0) is 21.4 Å². The summed E-state index contributed by atoms with van der Waals surface area (Å²) in [6.45, 7) is 6.03. The van der Waals surface area contributed by atoms with E-state index in [1.54, 1.807) is 12.1 Å². The fraction of sp³-hybridized carbons (Fsp3) is 0.227. The third-order valence-corrected chi connectivity index (χ3v) is 6.25. The molecule has 4 nitrogen and oxygen atoms in total. The summed E-state index contributed by atoms with van der Waals surface area (Å²) in [7, 11) is -4.09. The topological polar surface area (TPSA) is 59.1 Å². The molecule has 158 valence electrons. The number of nitrogens with zero attached hydrogens (tertiary/aromatic N) is 1. The predicted octanol–water partition coefficient (Wildman–Crippen LogP) is 5.97. The minimum atomic E-state index is -4.09. The number of pyridine rings is 1. The number of alkyl halides is 2. The molecule has 0 aliphatic rings. The normalized spacial score (nSPS) is 12.6. The lowest BCUT2D eigenvalue weighted by atomic mass is 9.87. The maximum Gasteiger partial charge on any atom is 0.300 e. The van der Waals surface area contributed by atoms with Crippen LogP contribution in [0.1, 0.15) is 37.5 Å². The number of anilines is 1. The van der Waals surface area contributed by atoms with Gasteiger partial charge in [-0.05, 0) is 53.4 Å². The van der Waals surface area contributed by atoms with E-state index in [1.807, 2.05) is 20.8 Å². The smallest absolute Gasteiger partial charge is 0.279 e. The van der Waals surface area contributed by atoms with Crippen molar-refractivity contribution in [1.29, 1.82) is 0 Å². The first-order chi connectivity index (χ1) is 13.9. The molecule has 0 atom stereocenters. The van der Waals surface area contributed by atoms with Crippen molar-refractivity contribution in [2.24, 2.45) is 0 Å². The van der Waals surface area contributed by atoms with Crippen molar-refractivity contribution in [2.45, 2.75) is 37.0 Å². The van der Waals surface area contributed by atoms with E-state index < -0.39 is 21.5 Å². The van der Waals surface area contributed by atoms with Crippen molar-refractivity contribution in [3.05, 3.63) is 88.7 Å². The molecule has 1 heterocycles. The molecule has 1 N–H and O–H groups in total. The highest BCUT2D eigenvalue weighted by Crippen LogP contribution is 2.41. The number of hydrogen-bond donors (Lipinski definition) is 1. The summed E-state index contributed by atoms with van der Waals surface area (Å²) >= 11 is 5.94. The van der Waals surface area contributed by atoms with E-state index in [4.69, 9.17) is 11.6 Å². The maximum absolute atomic E-state index is 15.2. The molecule has 30 heavy (non-hydrogen) atoms. The van der Waals surface area contributed by atoms with Crippen LogP contribution >= 0.6 is 11.6 Å². The number of halogens is 3. The quantitative estimate of drug-likeness (QED) is 0.520. The first-order valence-electron chi connectivity index (χ1n) is 9.13.